The van der Waals surface area contributed by atoms with Crippen molar-refractivity contribution in [3.8, 4) is 5.75 Å². The molecule has 0 radical (unpaired) electrons. The molecule has 8 heteroatoms. The molecule has 0 atom stereocenters. The molecule has 1 heterocycles. The summed E-state index contributed by atoms with van der Waals surface area (Å²) in [5, 5.41) is 1.63. The predicted octanol–water partition coefficient (Wildman–Crippen LogP) is -0.960. The molecule has 2 aromatic rings. The van der Waals surface area contributed by atoms with Gasteiger partial charge in [0.1, 0.15) is 0 Å². The number of amides is 1. The van der Waals surface area contributed by atoms with Gasteiger partial charge in [-0.1, -0.05) is 12.1 Å². The molecule has 102 valence electrons. The Bertz CT molecular complexity index is 717. The first-order valence-electron chi connectivity index (χ1n) is 5.28. The molecule has 5 nitrogen and oxygen atoms in total. The van der Waals surface area contributed by atoms with Crippen molar-refractivity contribution in [3.63, 3.8) is 0 Å². The van der Waals surface area contributed by atoms with E-state index in [1.54, 1.807) is 24.4 Å². The molecule has 0 bridgehead atoms. The van der Waals surface area contributed by atoms with Gasteiger partial charge in [-0.15, -0.1) is 11.3 Å². The average molecular weight is 321 g/mol. The summed E-state index contributed by atoms with van der Waals surface area (Å²) in [6.07, 6.45) is 0. The molecule has 0 aliphatic carbocycles. The van der Waals surface area contributed by atoms with Crippen molar-refractivity contribution < 1.29 is 48.4 Å². The summed E-state index contributed by atoms with van der Waals surface area (Å²) in [5.74, 6) is -0.794. The summed E-state index contributed by atoms with van der Waals surface area (Å²) in [6, 6.07) is 7.60. The molecule has 1 amide bonds. The van der Waals surface area contributed by atoms with Crippen molar-refractivity contribution in [2.45, 2.75) is 11.1 Å². The first-order chi connectivity index (χ1) is 8.90. The van der Waals surface area contributed by atoms with E-state index in [1.165, 1.54) is 18.2 Å². The van der Waals surface area contributed by atoms with Crippen LogP contribution in [0, 0.1) is 6.92 Å². The third kappa shape index (κ3) is 3.83. The summed E-state index contributed by atoms with van der Waals surface area (Å²) < 4.78 is 29.0. The van der Waals surface area contributed by atoms with Crippen molar-refractivity contribution >= 4 is 27.4 Å². The number of hydrogen-bond donors (Lipinski definition) is 1. The maximum atomic E-state index is 12.0. The third-order valence-corrected chi connectivity index (χ3v) is 4.93. The van der Waals surface area contributed by atoms with Gasteiger partial charge in [-0.05, 0) is 36.1 Å². The van der Waals surface area contributed by atoms with E-state index in [0.717, 1.165) is 16.9 Å². The fourth-order valence-corrected chi connectivity index (χ4v) is 3.36. The van der Waals surface area contributed by atoms with Gasteiger partial charge in [0.25, 0.3) is 5.91 Å². The zero-order valence-electron chi connectivity index (χ0n) is 12.0. The summed E-state index contributed by atoms with van der Waals surface area (Å²) in [4.78, 5) is 11.3. The molecular weight excluding hydrogens is 309 g/mol. The predicted molar refractivity (Wildman–Crippen MR) is 72.9 cm³/mol. The molecule has 1 aromatic heterocycles. The summed E-state index contributed by atoms with van der Waals surface area (Å²) in [5.41, 5.74) is 5.99. The van der Waals surface area contributed by atoms with Crippen molar-refractivity contribution in [2.24, 2.45) is 5.73 Å². The van der Waals surface area contributed by atoms with Gasteiger partial charge in [-0.3, -0.25) is 4.79 Å². The Morgan fingerprint density at radius 3 is 2.60 bits per heavy atom. The second-order valence-corrected chi connectivity index (χ2v) is 6.55. The van der Waals surface area contributed by atoms with Crippen LogP contribution in [0.3, 0.4) is 0 Å². The molecule has 0 saturated heterocycles. The number of rotatable bonds is 4. The number of aryl methyl sites for hydroxylation is 1. The molecule has 0 saturated carbocycles. The smallest absolute Gasteiger partial charge is 1.00 e. The van der Waals surface area contributed by atoms with Crippen LogP contribution in [-0.2, 0) is 10.1 Å². The zero-order valence-corrected chi connectivity index (χ0v) is 14.6. The Hall–Kier alpha value is -0.860. The largest absolute Gasteiger partial charge is 1.00 e. The second kappa shape index (κ2) is 6.73. The Morgan fingerprint density at radius 1 is 1.35 bits per heavy atom. The molecule has 0 aliphatic rings. The molecule has 0 aliphatic heterocycles. The number of carbonyl (C=O) groups is 1. The van der Waals surface area contributed by atoms with Crippen LogP contribution in [0.2, 0.25) is 0 Å². The maximum Gasteiger partial charge on any atom is 1.00 e. The minimum Gasteiger partial charge on any atom is -1.00 e. The van der Waals surface area contributed by atoms with Gasteiger partial charge in [0.2, 0.25) is 0 Å². The first-order valence-corrected chi connectivity index (χ1v) is 7.57. The zero-order chi connectivity index (χ0) is 14.0. The fourth-order valence-electron chi connectivity index (χ4n) is 1.47. The topological polar surface area (TPSA) is 86.5 Å². The van der Waals surface area contributed by atoms with Gasteiger partial charge in [0, 0.05) is 0 Å². The van der Waals surface area contributed by atoms with Crippen LogP contribution in [0.1, 0.15) is 17.3 Å². The van der Waals surface area contributed by atoms with Gasteiger partial charge in [0.15, 0.2) is 9.96 Å². The van der Waals surface area contributed by atoms with Gasteiger partial charge >= 0.3 is 39.7 Å². The van der Waals surface area contributed by atoms with E-state index in [0.29, 0.717) is 0 Å². The fraction of sp³-hybridized carbons (Fsp3) is 0.0833. The van der Waals surface area contributed by atoms with Crippen LogP contribution in [0.4, 0.5) is 0 Å². The first kappa shape index (κ1) is 17.2. The number of carbonyl (C=O) groups excluding carboxylic acids is 1. The van der Waals surface area contributed by atoms with E-state index in [1.807, 2.05) is 0 Å². The normalized spacial score (nSPS) is 10.7. The maximum absolute atomic E-state index is 12.0. The van der Waals surface area contributed by atoms with Crippen LogP contribution < -0.4 is 39.5 Å². The minimum atomic E-state index is -3.93. The Balaban J connectivity index is 0.00000200. The Kier molecular flexibility index (Phi) is 5.79. The van der Waals surface area contributed by atoms with Crippen molar-refractivity contribution in [3.05, 3.63) is 46.8 Å². The van der Waals surface area contributed by atoms with E-state index in [-0.39, 0.29) is 46.5 Å². The molecular formula is C12H12NNaO4S2. The Morgan fingerprint density at radius 2 is 2.05 bits per heavy atom. The SMILES string of the molecule is Cc1ccc(C(N)=O)c(OS(=O)(=O)c2cccs2)c1.[H-].[Na+]. The summed E-state index contributed by atoms with van der Waals surface area (Å²) >= 11 is 1.04. The van der Waals surface area contributed by atoms with E-state index < -0.39 is 16.0 Å². The number of primary amides is 1. The van der Waals surface area contributed by atoms with E-state index in [2.05, 4.69) is 0 Å². The monoisotopic (exact) mass is 321 g/mol. The second-order valence-electron chi connectivity index (χ2n) is 3.83. The number of benzene rings is 1. The summed E-state index contributed by atoms with van der Waals surface area (Å²) in [7, 11) is -3.93. The van der Waals surface area contributed by atoms with Crippen LogP contribution in [0.15, 0.2) is 39.9 Å². The van der Waals surface area contributed by atoms with Crippen LogP contribution in [-0.4, -0.2) is 14.3 Å². The molecule has 0 unspecified atom stereocenters. The van der Waals surface area contributed by atoms with Crippen molar-refractivity contribution in [1.29, 1.82) is 0 Å². The molecule has 2 N–H and O–H groups in total. The Labute approximate surface area is 144 Å². The molecule has 0 spiro atoms. The van der Waals surface area contributed by atoms with E-state index >= 15 is 0 Å². The van der Waals surface area contributed by atoms with E-state index in [4.69, 9.17) is 9.92 Å². The molecule has 20 heavy (non-hydrogen) atoms. The minimum absolute atomic E-state index is 0. The average Bonchev–Trinajstić information content (AvgIpc) is 2.81. The third-order valence-electron chi connectivity index (χ3n) is 2.34. The van der Waals surface area contributed by atoms with Gasteiger partial charge < -0.3 is 11.3 Å². The van der Waals surface area contributed by atoms with Crippen molar-refractivity contribution in [2.75, 3.05) is 0 Å². The van der Waals surface area contributed by atoms with Crippen LogP contribution in [0.5, 0.6) is 5.75 Å². The quantitative estimate of drug-likeness (QED) is 0.580. The molecule has 2 rings (SSSR count). The number of nitrogens with two attached hydrogens (primary N) is 1. The standard InChI is InChI=1S/C12H11NO4S2.Na.H/c1-8-4-5-9(12(13)14)10(7-8)17-19(15,16)11-3-2-6-18-11;;/h2-7H,1H3,(H2,13,14);;/q;+1;-1. The van der Waals surface area contributed by atoms with Gasteiger partial charge in [-0.25, -0.2) is 0 Å². The molecule has 0 fully saturated rings. The molecule has 1 aromatic carbocycles. The summed E-state index contributed by atoms with van der Waals surface area (Å²) in [6.45, 7) is 1.76. The van der Waals surface area contributed by atoms with Gasteiger partial charge in [0.05, 0.1) is 5.56 Å². The number of thiophene rings is 1. The van der Waals surface area contributed by atoms with Crippen molar-refractivity contribution in [1.82, 2.24) is 0 Å². The van der Waals surface area contributed by atoms with Crippen LogP contribution >= 0.6 is 11.3 Å². The van der Waals surface area contributed by atoms with E-state index in [9.17, 15) is 13.2 Å². The van der Waals surface area contributed by atoms with Gasteiger partial charge in [-0.2, -0.15) is 8.42 Å². The number of hydrogen-bond acceptors (Lipinski definition) is 5. The van der Waals surface area contributed by atoms with Crippen LogP contribution in [0.25, 0.3) is 0 Å².